The summed E-state index contributed by atoms with van der Waals surface area (Å²) in [6.07, 6.45) is 0. The van der Waals surface area contributed by atoms with Crippen LogP contribution < -0.4 is 10.9 Å². The molecule has 0 radical (unpaired) electrons. The molecule has 0 N–H and O–H groups in total. The van der Waals surface area contributed by atoms with Crippen molar-refractivity contribution in [3.8, 4) is 33.4 Å². The van der Waals surface area contributed by atoms with Crippen LogP contribution in [0.4, 0.5) is 0 Å². The second kappa shape index (κ2) is 9.13. The second-order valence-corrected chi connectivity index (χ2v) is 12.4. The Morgan fingerprint density at radius 2 is 0.867 bits per heavy atom. The molecule has 0 spiro atoms. The molecule has 4 heteroatoms. The van der Waals surface area contributed by atoms with Gasteiger partial charge in [-0.2, -0.15) is 0 Å². The van der Waals surface area contributed by atoms with E-state index in [0.29, 0.717) is 43.9 Å². The third kappa shape index (κ3) is 3.72. The Balaban J connectivity index is 1.16. The van der Waals surface area contributed by atoms with Crippen LogP contribution in [0.5, 0.6) is 0 Å². The van der Waals surface area contributed by atoms with Crippen LogP contribution in [0.25, 0.3) is 77.3 Å². The van der Waals surface area contributed by atoms with Crippen molar-refractivity contribution in [1.82, 2.24) is 0 Å². The molecule has 0 amide bonds. The lowest BCUT2D eigenvalue weighted by Gasteiger charge is -2.22. The summed E-state index contributed by atoms with van der Waals surface area (Å²) < 4.78 is 12.2. The van der Waals surface area contributed by atoms with Crippen LogP contribution in [-0.2, 0) is 5.41 Å². The fraction of sp³-hybridized carbons (Fsp3) is 0.0732. The van der Waals surface area contributed by atoms with Crippen LogP contribution in [0, 0.1) is 0 Å². The molecule has 1 aliphatic carbocycles. The van der Waals surface area contributed by atoms with Crippen molar-refractivity contribution < 1.29 is 8.83 Å². The van der Waals surface area contributed by atoms with Gasteiger partial charge in [-0.1, -0.05) is 80.6 Å². The van der Waals surface area contributed by atoms with E-state index in [1.54, 1.807) is 12.1 Å². The first-order chi connectivity index (χ1) is 21.9. The van der Waals surface area contributed by atoms with Gasteiger partial charge in [0.05, 0.1) is 21.5 Å². The van der Waals surface area contributed by atoms with E-state index in [4.69, 9.17) is 8.83 Å². The molecular formula is C41H26O4. The van der Waals surface area contributed by atoms with Crippen molar-refractivity contribution >= 4 is 43.9 Å². The normalized spacial score (nSPS) is 13.5. The monoisotopic (exact) mass is 582 g/mol. The minimum Gasteiger partial charge on any atom is -0.456 e. The molecule has 0 atom stereocenters. The summed E-state index contributed by atoms with van der Waals surface area (Å²) in [5.74, 6) is 0. The van der Waals surface area contributed by atoms with E-state index < -0.39 is 0 Å². The van der Waals surface area contributed by atoms with E-state index in [-0.39, 0.29) is 16.3 Å². The highest BCUT2D eigenvalue weighted by molar-refractivity contribution is 5.96. The first-order valence-corrected chi connectivity index (χ1v) is 15.1. The zero-order chi connectivity index (χ0) is 30.4. The molecule has 2 heterocycles. The summed E-state index contributed by atoms with van der Waals surface area (Å²) in [6, 6.07) is 39.5. The van der Waals surface area contributed by atoms with Gasteiger partial charge >= 0.3 is 0 Å². The number of benzene rings is 6. The fourth-order valence-corrected chi connectivity index (χ4v) is 7.08. The molecule has 4 nitrogen and oxygen atoms in total. The van der Waals surface area contributed by atoms with E-state index in [2.05, 4.69) is 56.3 Å². The Morgan fingerprint density at radius 1 is 0.422 bits per heavy atom. The molecule has 45 heavy (non-hydrogen) atoms. The van der Waals surface area contributed by atoms with Crippen LogP contribution in [0.1, 0.15) is 25.0 Å². The van der Waals surface area contributed by atoms with E-state index in [1.807, 2.05) is 66.7 Å². The average Bonchev–Trinajstić information content (AvgIpc) is 3.30. The number of rotatable bonds is 2. The molecule has 0 bridgehead atoms. The Bertz CT molecular complexity index is 2670. The molecular weight excluding hydrogens is 556 g/mol. The molecule has 0 aliphatic heterocycles. The first-order valence-electron chi connectivity index (χ1n) is 15.1. The Kier molecular flexibility index (Phi) is 5.22. The van der Waals surface area contributed by atoms with E-state index in [1.165, 1.54) is 22.3 Å². The van der Waals surface area contributed by atoms with E-state index in [0.717, 1.165) is 22.3 Å². The summed E-state index contributed by atoms with van der Waals surface area (Å²) >= 11 is 0. The molecule has 9 rings (SSSR count). The number of fused-ring (bicyclic) bond motifs is 7. The molecule has 214 valence electrons. The van der Waals surface area contributed by atoms with Crippen LogP contribution in [0.3, 0.4) is 0 Å². The standard InChI is InChI=1S/C41H26O4/c1-41(2)33-9-5-3-7-27(33)28-15-11-26(22-34(28)41)25-14-18-38-32(21-25)40(43)31-20-24(13-17-37(31)45-38)23-12-16-36-30(19-23)39(42)29-8-4-6-10-35(29)44-36/h3-22H,1-2H3. The van der Waals surface area contributed by atoms with Gasteiger partial charge in [0.2, 0.25) is 10.9 Å². The minimum atomic E-state index is -0.110. The SMILES string of the molecule is CC1(C)c2ccccc2-c2ccc(-c3ccc4oc5ccc(-c6ccc7oc8ccccc8c(=O)c7c6)cc5c(=O)c4c3)cc21. The van der Waals surface area contributed by atoms with Gasteiger partial charge in [-0.15, -0.1) is 0 Å². The largest absolute Gasteiger partial charge is 0.456 e. The van der Waals surface area contributed by atoms with Crippen LogP contribution >= 0.6 is 0 Å². The molecule has 0 unspecified atom stereocenters. The highest BCUT2D eigenvalue weighted by Gasteiger charge is 2.35. The summed E-state index contributed by atoms with van der Waals surface area (Å²) in [4.78, 5) is 27.2. The molecule has 6 aromatic carbocycles. The number of hydrogen-bond donors (Lipinski definition) is 0. The van der Waals surface area contributed by atoms with Crippen molar-refractivity contribution in [3.63, 3.8) is 0 Å². The predicted molar refractivity (Wildman–Crippen MR) is 182 cm³/mol. The van der Waals surface area contributed by atoms with Gasteiger partial charge in [0, 0.05) is 5.41 Å². The summed E-state index contributed by atoms with van der Waals surface area (Å²) in [6.45, 7) is 4.54. The van der Waals surface area contributed by atoms with Crippen molar-refractivity contribution in [2.75, 3.05) is 0 Å². The van der Waals surface area contributed by atoms with Crippen molar-refractivity contribution in [3.05, 3.63) is 153 Å². The van der Waals surface area contributed by atoms with Crippen LogP contribution in [0.15, 0.2) is 140 Å². The van der Waals surface area contributed by atoms with Crippen LogP contribution in [0.2, 0.25) is 0 Å². The maximum atomic E-state index is 14.0. The average molecular weight is 583 g/mol. The second-order valence-electron chi connectivity index (χ2n) is 12.4. The van der Waals surface area contributed by atoms with Gasteiger partial charge < -0.3 is 8.83 Å². The van der Waals surface area contributed by atoms with Gasteiger partial charge in [0.1, 0.15) is 22.3 Å². The molecule has 0 fully saturated rings. The predicted octanol–water partition coefficient (Wildman–Crippen LogP) is 9.85. The third-order valence-electron chi connectivity index (χ3n) is 9.49. The zero-order valence-electron chi connectivity index (χ0n) is 24.7. The molecule has 0 saturated carbocycles. The molecule has 1 aliphatic rings. The smallest absolute Gasteiger partial charge is 0.200 e. The fourth-order valence-electron chi connectivity index (χ4n) is 7.08. The zero-order valence-corrected chi connectivity index (χ0v) is 24.7. The Hall–Kier alpha value is -5.74. The number of para-hydroxylation sites is 1. The summed E-state index contributed by atoms with van der Waals surface area (Å²) in [7, 11) is 0. The summed E-state index contributed by atoms with van der Waals surface area (Å²) in [5.41, 5.74) is 10.7. The lowest BCUT2D eigenvalue weighted by atomic mass is 9.81. The minimum absolute atomic E-state index is 0.0775. The van der Waals surface area contributed by atoms with Gasteiger partial charge in [-0.25, -0.2) is 0 Å². The van der Waals surface area contributed by atoms with Crippen molar-refractivity contribution in [2.45, 2.75) is 19.3 Å². The Labute approximate surface area is 257 Å². The van der Waals surface area contributed by atoms with Gasteiger partial charge in [0.25, 0.3) is 0 Å². The lowest BCUT2D eigenvalue weighted by Crippen LogP contribution is -2.14. The summed E-state index contributed by atoms with van der Waals surface area (Å²) in [5, 5.41) is 2.07. The quantitative estimate of drug-likeness (QED) is 0.190. The highest BCUT2D eigenvalue weighted by atomic mass is 16.3. The van der Waals surface area contributed by atoms with Gasteiger partial charge in [-0.3, -0.25) is 9.59 Å². The van der Waals surface area contributed by atoms with Gasteiger partial charge in [0.15, 0.2) is 0 Å². The van der Waals surface area contributed by atoms with E-state index >= 15 is 0 Å². The lowest BCUT2D eigenvalue weighted by molar-refractivity contribution is 0.659. The maximum Gasteiger partial charge on any atom is 0.200 e. The highest BCUT2D eigenvalue weighted by Crippen LogP contribution is 2.49. The van der Waals surface area contributed by atoms with Crippen LogP contribution in [-0.4, -0.2) is 0 Å². The first kappa shape index (κ1) is 25.7. The maximum absolute atomic E-state index is 14.0. The molecule has 2 aromatic heterocycles. The van der Waals surface area contributed by atoms with Crippen molar-refractivity contribution in [2.24, 2.45) is 0 Å². The van der Waals surface area contributed by atoms with Crippen molar-refractivity contribution in [1.29, 1.82) is 0 Å². The topological polar surface area (TPSA) is 60.4 Å². The van der Waals surface area contributed by atoms with Gasteiger partial charge in [-0.05, 0) is 99.1 Å². The Morgan fingerprint density at radius 3 is 1.49 bits per heavy atom. The molecule has 0 saturated heterocycles. The molecule has 8 aromatic rings. The third-order valence-corrected chi connectivity index (χ3v) is 9.49. The number of hydrogen-bond acceptors (Lipinski definition) is 4. The van der Waals surface area contributed by atoms with E-state index in [9.17, 15) is 9.59 Å².